The highest BCUT2D eigenvalue weighted by Gasteiger charge is 2.26. The molecule has 0 saturated carbocycles. The van der Waals surface area contributed by atoms with Crippen LogP contribution in [0.25, 0.3) is 10.9 Å². The number of hydrogen-bond acceptors (Lipinski definition) is 3. The van der Waals surface area contributed by atoms with E-state index in [0.717, 1.165) is 18.5 Å². The lowest BCUT2D eigenvalue weighted by Crippen LogP contribution is -2.29. The van der Waals surface area contributed by atoms with Crippen LogP contribution >= 0.6 is 0 Å². The summed E-state index contributed by atoms with van der Waals surface area (Å²) in [6, 6.07) is 11.4. The predicted octanol–water partition coefficient (Wildman–Crippen LogP) is 2.70. The molecule has 0 unspecified atom stereocenters. The monoisotopic (exact) mass is 333 g/mol. The van der Waals surface area contributed by atoms with Gasteiger partial charge in [0.05, 0.1) is 17.2 Å². The van der Waals surface area contributed by atoms with Crippen LogP contribution in [0.4, 0.5) is 5.69 Å². The maximum absolute atomic E-state index is 13.0. The summed E-state index contributed by atoms with van der Waals surface area (Å²) in [5, 5.41) is 0.469. The molecular weight excluding hydrogens is 314 g/mol. The average molecular weight is 333 g/mol. The van der Waals surface area contributed by atoms with E-state index in [2.05, 4.69) is 24.0 Å². The van der Waals surface area contributed by atoms with Gasteiger partial charge in [0.1, 0.15) is 0 Å². The SMILES string of the molecule is CCc1ccc2c(c1)CCN2C(=O)c1ccc2ncn(C)c(=O)c2c1. The molecule has 2 heterocycles. The first-order chi connectivity index (χ1) is 12.1. The lowest BCUT2D eigenvalue weighted by molar-refractivity contribution is 0.0989. The quantitative estimate of drug-likeness (QED) is 0.724. The molecule has 0 atom stereocenters. The maximum atomic E-state index is 13.0. The number of carbonyl (C=O) groups is 1. The Hall–Kier alpha value is -2.95. The number of aromatic nitrogens is 2. The molecule has 25 heavy (non-hydrogen) atoms. The molecule has 126 valence electrons. The van der Waals surface area contributed by atoms with E-state index >= 15 is 0 Å². The number of amides is 1. The molecule has 4 rings (SSSR count). The molecule has 0 fully saturated rings. The van der Waals surface area contributed by atoms with E-state index < -0.39 is 0 Å². The van der Waals surface area contributed by atoms with Gasteiger partial charge in [0.2, 0.25) is 0 Å². The zero-order valence-corrected chi connectivity index (χ0v) is 14.3. The van der Waals surface area contributed by atoms with Crippen LogP contribution in [0.15, 0.2) is 47.5 Å². The van der Waals surface area contributed by atoms with Gasteiger partial charge in [-0.05, 0) is 48.2 Å². The summed E-state index contributed by atoms with van der Waals surface area (Å²) in [5.41, 5.74) is 4.45. The summed E-state index contributed by atoms with van der Waals surface area (Å²) in [4.78, 5) is 31.3. The third-order valence-corrected chi connectivity index (χ3v) is 4.86. The molecule has 1 aliphatic rings. The average Bonchev–Trinajstić information content (AvgIpc) is 3.07. The minimum Gasteiger partial charge on any atom is -0.308 e. The summed E-state index contributed by atoms with van der Waals surface area (Å²) < 4.78 is 1.42. The van der Waals surface area contributed by atoms with Gasteiger partial charge in [-0.1, -0.05) is 19.1 Å². The number of hydrogen-bond donors (Lipinski definition) is 0. The number of anilines is 1. The van der Waals surface area contributed by atoms with Gasteiger partial charge in [-0.3, -0.25) is 9.59 Å². The zero-order valence-electron chi connectivity index (χ0n) is 14.3. The van der Waals surface area contributed by atoms with Crippen LogP contribution in [0.1, 0.15) is 28.4 Å². The number of fused-ring (bicyclic) bond motifs is 2. The largest absolute Gasteiger partial charge is 0.308 e. The van der Waals surface area contributed by atoms with Crippen LogP contribution in [0.3, 0.4) is 0 Å². The fourth-order valence-corrected chi connectivity index (χ4v) is 3.39. The van der Waals surface area contributed by atoms with Crippen molar-refractivity contribution >= 4 is 22.5 Å². The third kappa shape index (κ3) is 2.52. The van der Waals surface area contributed by atoms with Crippen molar-refractivity contribution in [1.29, 1.82) is 0 Å². The smallest absolute Gasteiger partial charge is 0.260 e. The Morgan fingerprint density at radius 1 is 1.20 bits per heavy atom. The summed E-state index contributed by atoms with van der Waals surface area (Å²) >= 11 is 0. The van der Waals surface area contributed by atoms with Gasteiger partial charge in [0.15, 0.2) is 0 Å². The van der Waals surface area contributed by atoms with Crippen LogP contribution in [0, 0.1) is 0 Å². The summed E-state index contributed by atoms with van der Waals surface area (Å²) in [6.07, 6.45) is 3.35. The van der Waals surface area contributed by atoms with E-state index in [9.17, 15) is 9.59 Å². The fraction of sp³-hybridized carbons (Fsp3) is 0.250. The van der Waals surface area contributed by atoms with Crippen molar-refractivity contribution in [2.75, 3.05) is 11.4 Å². The van der Waals surface area contributed by atoms with Gasteiger partial charge < -0.3 is 9.47 Å². The molecule has 3 aromatic rings. The second-order valence-electron chi connectivity index (χ2n) is 6.42. The van der Waals surface area contributed by atoms with Crippen LogP contribution in [0.5, 0.6) is 0 Å². The Morgan fingerprint density at radius 3 is 2.84 bits per heavy atom. The predicted molar refractivity (Wildman–Crippen MR) is 98.2 cm³/mol. The van der Waals surface area contributed by atoms with Crippen molar-refractivity contribution in [2.24, 2.45) is 7.05 Å². The van der Waals surface area contributed by atoms with Gasteiger partial charge in [0, 0.05) is 24.8 Å². The first-order valence-electron chi connectivity index (χ1n) is 8.47. The second kappa shape index (κ2) is 5.84. The number of benzene rings is 2. The van der Waals surface area contributed by atoms with Crippen molar-refractivity contribution < 1.29 is 4.79 Å². The molecule has 0 saturated heterocycles. The molecule has 1 aromatic heterocycles. The molecule has 0 bridgehead atoms. The number of rotatable bonds is 2. The molecule has 1 aliphatic heterocycles. The highest BCUT2D eigenvalue weighted by molar-refractivity contribution is 6.08. The van der Waals surface area contributed by atoms with Crippen LogP contribution < -0.4 is 10.5 Å². The van der Waals surface area contributed by atoms with E-state index in [1.54, 1.807) is 30.1 Å². The Balaban J connectivity index is 1.74. The summed E-state index contributed by atoms with van der Waals surface area (Å²) in [5.74, 6) is -0.0733. The molecule has 2 aromatic carbocycles. The molecule has 0 aliphatic carbocycles. The Bertz CT molecular complexity index is 1050. The molecule has 0 radical (unpaired) electrons. The first kappa shape index (κ1) is 15.6. The van der Waals surface area contributed by atoms with Crippen LogP contribution in [0.2, 0.25) is 0 Å². The first-order valence-corrected chi connectivity index (χ1v) is 8.47. The lowest BCUT2D eigenvalue weighted by Gasteiger charge is -2.18. The lowest BCUT2D eigenvalue weighted by atomic mass is 10.1. The van der Waals surface area contributed by atoms with Crippen LogP contribution in [-0.4, -0.2) is 22.0 Å². The minimum atomic E-state index is -0.144. The summed E-state index contributed by atoms with van der Waals surface area (Å²) in [6.45, 7) is 2.80. The normalized spacial score (nSPS) is 13.3. The molecule has 0 N–H and O–H groups in total. The van der Waals surface area contributed by atoms with E-state index in [1.165, 1.54) is 22.0 Å². The van der Waals surface area contributed by atoms with Crippen molar-refractivity contribution in [2.45, 2.75) is 19.8 Å². The zero-order chi connectivity index (χ0) is 17.6. The fourth-order valence-electron chi connectivity index (χ4n) is 3.39. The van der Waals surface area contributed by atoms with Gasteiger partial charge in [-0.15, -0.1) is 0 Å². The molecular formula is C20H19N3O2. The van der Waals surface area contributed by atoms with E-state index in [1.807, 2.05) is 6.07 Å². The minimum absolute atomic E-state index is 0.0733. The number of aryl methyl sites for hydroxylation is 2. The molecule has 5 nitrogen and oxygen atoms in total. The third-order valence-electron chi connectivity index (χ3n) is 4.86. The van der Waals surface area contributed by atoms with Gasteiger partial charge in [0.25, 0.3) is 11.5 Å². The van der Waals surface area contributed by atoms with Crippen molar-refractivity contribution in [3.05, 3.63) is 69.8 Å². The second-order valence-corrected chi connectivity index (χ2v) is 6.42. The van der Waals surface area contributed by atoms with Crippen molar-refractivity contribution in [1.82, 2.24) is 9.55 Å². The standard InChI is InChI=1S/C20H19N3O2/c1-3-13-4-7-18-14(10-13)8-9-23(18)19(24)15-5-6-17-16(11-15)20(25)22(2)12-21-17/h4-7,10-12H,3,8-9H2,1-2H3. The molecule has 5 heteroatoms. The van der Waals surface area contributed by atoms with Crippen LogP contribution in [-0.2, 0) is 19.9 Å². The van der Waals surface area contributed by atoms with Gasteiger partial charge in [-0.25, -0.2) is 4.98 Å². The maximum Gasteiger partial charge on any atom is 0.260 e. The highest BCUT2D eigenvalue weighted by atomic mass is 16.2. The summed E-state index contributed by atoms with van der Waals surface area (Å²) in [7, 11) is 1.66. The van der Waals surface area contributed by atoms with Gasteiger partial charge in [-0.2, -0.15) is 0 Å². The van der Waals surface area contributed by atoms with Crippen molar-refractivity contribution in [3.8, 4) is 0 Å². The van der Waals surface area contributed by atoms with E-state index in [-0.39, 0.29) is 11.5 Å². The number of carbonyl (C=O) groups excluding carboxylic acids is 1. The Morgan fingerprint density at radius 2 is 2.04 bits per heavy atom. The number of nitrogens with zero attached hydrogens (tertiary/aromatic N) is 3. The molecule has 0 spiro atoms. The Kier molecular flexibility index (Phi) is 3.64. The highest BCUT2D eigenvalue weighted by Crippen LogP contribution is 2.30. The molecule has 1 amide bonds. The van der Waals surface area contributed by atoms with E-state index in [4.69, 9.17) is 0 Å². The van der Waals surface area contributed by atoms with Crippen molar-refractivity contribution in [3.63, 3.8) is 0 Å². The Labute approximate surface area is 145 Å². The van der Waals surface area contributed by atoms with E-state index in [0.29, 0.717) is 23.0 Å². The topological polar surface area (TPSA) is 55.2 Å². The van der Waals surface area contributed by atoms with Gasteiger partial charge >= 0.3 is 0 Å².